The highest BCUT2D eigenvalue weighted by molar-refractivity contribution is 5.92. The molecule has 3 heterocycles. The zero-order valence-electron chi connectivity index (χ0n) is 15.8. The minimum atomic E-state index is -0.941. The summed E-state index contributed by atoms with van der Waals surface area (Å²) in [6.07, 6.45) is 2.32. The first-order chi connectivity index (χ1) is 13.1. The number of aliphatic hydroxyl groups is 1. The number of piperidine rings is 1. The van der Waals surface area contributed by atoms with E-state index in [1.807, 2.05) is 47.4 Å². The molecule has 2 aliphatic heterocycles. The van der Waals surface area contributed by atoms with Crippen molar-refractivity contribution in [2.45, 2.75) is 18.1 Å². The van der Waals surface area contributed by atoms with E-state index in [0.717, 1.165) is 31.7 Å². The van der Waals surface area contributed by atoms with Gasteiger partial charge in [0.15, 0.2) is 0 Å². The second kappa shape index (κ2) is 7.46. The fraction of sp³-hybridized carbons (Fsp3) is 0.476. The Kier molecular flexibility index (Phi) is 5.04. The van der Waals surface area contributed by atoms with Crippen LogP contribution >= 0.6 is 0 Å². The number of benzene rings is 1. The molecule has 0 spiro atoms. The summed E-state index contributed by atoms with van der Waals surface area (Å²) in [5, 5.41) is 11.7. The fourth-order valence-electron chi connectivity index (χ4n) is 4.36. The summed E-state index contributed by atoms with van der Waals surface area (Å²) in [5.74, 6) is 0.00855. The van der Waals surface area contributed by atoms with Gasteiger partial charge in [-0.3, -0.25) is 9.69 Å². The Morgan fingerprint density at radius 1 is 1.07 bits per heavy atom. The van der Waals surface area contributed by atoms with Crippen LogP contribution in [0.3, 0.4) is 0 Å². The third-order valence-electron chi connectivity index (χ3n) is 6.08. The van der Waals surface area contributed by atoms with Crippen molar-refractivity contribution in [2.75, 3.05) is 46.3 Å². The molecule has 0 unspecified atom stereocenters. The number of nitrogens with zero attached hydrogens (tertiary/aromatic N) is 3. The molecule has 27 heavy (non-hydrogen) atoms. The van der Waals surface area contributed by atoms with Crippen molar-refractivity contribution in [3.05, 3.63) is 59.9 Å². The first-order valence-corrected chi connectivity index (χ1v) is 9.71. The highest BCUT2D eigenvalue weighted by atomic mass is 16.3. The number of carbonyl (C=O) groups excluding carboxylic acids is 1. The quantitative estimate of drug-likeness (QED) is 0.859. The Bertz CT molecular complexity index is 756. The van der Waals surface area contributed by atoms with E-state index in [1.54, 1.807) is 6.20 Å². The number of hydrogen-bond acceptors (Lipinski definition) is 4. The largest absolute Gasteiger partial charge is 0.383 e. The van der Waals surface area contributed by atoms with E-state index >= 15 is 0 Å². The summed E-state index contributed by atoms with van der Waals surface area (Å²) in [6, 6.07) is 13.5. The topological polar surface area (TPSA) is 62.8 Å². The molecule has 2 fully saturated rings. The molecule has 4 rings (SSSR count). The summed E-state index contributed by atoms with van der Waals surface area (Å²) >= 11 is 0. The van der Waals surface area contributed by atoms with Gasteiger partial charge < -0.3 is 19.9 Å². The summed E-state index contributed by atoms with van der Waals surface area (Å²) in [4.78, 5) is 22.4. The number of aromatic nitrogens is 1. The maximum atomic E-state index is 12.9. The minimum Gasteiger partial charge on any atom is -0.383 e. The van der Waals surface area contributed by atoms with Crippen molar-refractivity contribution in [3.8, 4) is 0 Å². The standard InChI is InChI=1S/C21H28N4O2/c1-23-12-14-24(15-13-23)19-16-25(20(26)18-8-5-10-22-18)11-9-21(19,27)17-6-3-2-4-7-17/h2-8,10,19,22,27H,9,11-16H2,1H3/t19-,21+/m1/s1. The molecule has 0 saturated carbocycles. The lowest BCUT2D eigenvalue weighted by Gasteiger charge is -2.51. The number of rotatable bonds is 3. The van der Waals surface area contributed by atoms with Crippen LogP contribution in [-0.2, 0) is 5.60 Å². The van der Waals surface area contributed by atoms with Gasteiger partial charge in [-0.1, -0.05) is 30.3 Å². The highest BCUT2D eigenvalue weighted by Gasteiger charge is 2.47. The van der Waals surface area contributed by atoms with E-state index in [9.17, 15) is 9.90 Å². The van der Waals surface area contributed by atoms with E-state index in [0.29, 0.717) is 25.2 Å². The van der Waals surface area contributed by atoms with Crippen LogP contribution in [0, 0.1) is 0 Å². The SMILES string of the molecule is CN1CCN([C@@H]2CN(C(=O)c3ccc[nH]3)CC[C@]2(O)c2ccccc2)CC1. The number of piperazine rings is 1. The van der Waals surface area contributed by atoms with Gasteiger partial charge in [0.05, 0.1) is 6.04 Å². The van der Waals surface area contributed by atoms with Gasteiger partial charge in [0, 0.05) is 45.5 Å². The minimum absolute atomic E-state index is 0.00855. The first kappa shape index (κ1) is 18.2. The Morgan fingerprint density at radius 2 is 1.81 bits per heavy atom. The van der Waals surface area contributed by atoms with Crippen LogP contribution in [0.4, 0.5) is 0 Å². The van der Waals surface area contributed by atoms with Crippen LogP contribution in [0.5, 0.6) is 0 Å². The molecule has 2 aliphatic rings. The Hall–Kier alpha value is -2.15. The van der Waals surface area contributed by atoms with Crippen LogP contribution in [0.1, 0.15) is 22.5 Å². The molecule has 2 atom stereocenters. The van der Waals surface area contributed by atoms with Crippen LogP contribution in [0.25, 0.3) is 0 Å². The Labute approximate surface area is 160 Å². The van der Waals surface area contributed by atoms with Crippen LogP contribution in [-0.4, -0.2) is 83.1 Å². The first-order valence-electron chi connectivity index (χ1n) is 9.71. The molecule has 0 bridgehead atoms. The van der Waals surface area contributed by atoms with E-state index in [4.69, 9.17) is 0 Å². The zero-order valence-corrected chi connectivity index (χ0v) is 15.8. The van der Waals surface area contributed by atoms with Crippen LogP contribution in [0.15, 0.2) is 48.7 Å². The Balaban J connectivity index is 1.61. The lowest BCUT2D eigenvalue weighted by Crippen LogP contribution is -2.64. The number of H-pyrrole nitrogens is 1. The van der Waals surface area contributed by atoms with Crippen molar-refractivity contribution in [2.24, 2.45) is 0 Å². The molecule has 144 valence electrons. The lowest BCUT2D eigenvalue weighted by atomic mass is 9.79. The Morgan fingerprint density at radius 3 is 2.48 bits per heavy atom. The van der Waals surface area contributed by atoms with Gasteiger partial charge in [-0.2, -0.15) is 0 Å². The van der Waals surface area contributed by atoms with Crippen molar-refractivity contribution in [3.63, 3.8) is 0 Å². The van der Waals surface area contributed by atoms with Crippen molar-refractivity contribution in [1.29, 1.82) is 0 Å². The number of hydrogen-bond donors (Lipinski definition) is 2. The van der Waals surface area contributed by atoms with Gasteiger partial charge in [-0.25, -0.2) is 0 Å². The molecule has 6 nitrogen and oxygen atoms in total. The van der Waals surface area contributed by atoms with Gasteiger partial charge in [-0.15, -0.1) is 0 Å². The van der Waals surface area contributed by atoms with Crippen LogP contribution in [0.2, 0.25) is 0 Å². The lowest BCUT2D eigenvalue weighted by molar-refractivity contribution is -0.101. The van der Waals surface area contributed by atoms with Crippen molar-refractivity contribution < 1.29 is 9.90 Å². The number of amides is 1. The smallest absolute Gasteiger partial charge is 0.270 e. The normalized spacial score (nSPS) is 27.6. The fourth-order valence-corrected chi connectivity index (χ4v) is 4.36. The molecule has 2 aromatic rings. The molecule has 2 N–H and O–H groups in total. The van der Waals surface area contributed by atoms with E-state index in [2.05, 4.69) is 21.8 Å². The third-order valence-corrected chi connectivity index (χ3v) is 6.08. The highest BCUT2D eigenvalue weighted by Crippen LogP contribution is 2.36. The summed E-state index contributed by atoms with van der Waals surface area (Å²) < 4.78 is 0. The molecule has 6 heteroatoms. The summed E-state index contributed by atoms with van der Waals surface area (Å²) in [5.41, 5.74) is 0.613. The van der Waals surface area contributed by atoms with Gasteiger partial charge in [0.2, 0.25) is 0 Å². The number of likely N-dealkylation sites (N-methyl/N-ethyl adjacent to an activating group) is 1. The molecular formula is C21H28N4O2. The van der Waals surface area contributed by atoms with Crippen LogP contribution < -0.4 is 0 Å². The average molecular weight is 368 g/mol. The maximum absolute atomic E-state index is 12.9. The monoisotopic (exact) mass is 368 g/mol. The van der Waals surface area contributed by atoms with E-state index in [-0.39, 0.29) is 11.9 Å². The zero-order chi connectivity index (χ0) is 18.9. The van der Waals surface area contributed by atoms with Gasteiger partial charge in [-0.05, 0) is 31.2 Å². The van der Waals surface area contributed by atoms with Crippen molar-refractivity contribution in [1.82, 2.24) is 19.7 Å². The molecule has 1 aromatic carbocycles. The summed E-state index contributed by atoms with van der Waals surface area (Å²) in [6.45, 7) is 4.85. The number of likely N-dealkylation sites (tertiary alicyclic amines) is 1. The third kappa shape index (κ3) is 3.52. The number of carbonyl (C=O) groups is 1. The van der Waals surface area contributed by atoms with Gasteiger partial charge >= 0.3 is 0 Å². The molecular weight excluding hydrogens is 340 g/mol. The van der Waals surface area contributed by atoms with Crippen molar-refractivity contribution >= 4 is 5.91 Å². The van der Waals surface area contributed by atoms with Gasteiger partial charge in [0.1, 0.15) is 11.3 Å². The molecule has 0 radical (unpaired) electrons. The second-order valence-corrected chi connectivity index (χ2v) is 7.73. The van der Waals surface area contributed by atoms with E-state index < -0.39 is 5.60 Å². The average Bonchev–Trinajstić information content (AvgIpc) is 3.24. The van der Waals surface area contributed by atoms with Gasteiger partial charge in [0.25, 0.3) is 5.91 Å². The molecule has 1 aromatic heterocycles. The number of nitrogens with one attached hydrogen (secondary N) is 1. The van der Waals surface area contributed by atoms with E-state index in [1.165, 1.54) is 0 Å². The summed E-state index contributed by atoms with van der Waals surface area (Å²) in [7, 11) is 2.13. The predicted molar refractivity (Wildman–Crippen MR) is 105 cm³/mol. The molecule has 2 saturated heterocycles. The maximum Gasteiger partial charge on any atom is 0.270 e. The second-order valence-electron chi connectivity index (χ2n) is 7.73. The molecule has 1 amide bonds. The number of aromatic amines is 1. The molecule has 0 aliphatic carbocycles. The predicted octanol–water partition coefficient (Wildman–Crippen LogP) is 1.36.